The van der Waals surface area contributed by atoms with Gasteiger partial charge in [0.2, 0.25) is 5.91 Å². The number of carbonyl (C=O) groups excluding carboxylic acids is 1. The van der Waals surface area contributed by atoms with Gasteiger partial charge in [-0.3, -0.25) is 4.79 Å². The molecule has 122 valence electrons. The molecule has 1 amide bonds. The molecule has 0 saturated carbocycles. The zero-order chi connectivity index (χ0) is 16.0. The molecule has 1 aliphatic heterocycles. The summed E-state index contributed by atoms with van der Waals surface area (Å²) in [6.07, 6.45) is 3.37. The molecule has 22 heavy (non-hydrogen) atoms. The first-order valence-electron chi connectivity index (χ1n) is 8.26. The number of benzene rings is 1. The summed E-state index contributed by atoms with van der Waals surface area (Å²) in [5, 5.41) is 0. The van der Waals surface area contributed by atoms with E-state index in [2.05, 4.69) is 13.8 Å². The van der Waals surface area contributed by atoms with Crippen molar-refractivity contribution in [3.05, 3.63) is 29.8 Å². The van der Waals surface area contributed by atoms with E-state index in [-0.39, 0.29) is 11.3 Å². The van der Waals surface area contributed by atoms with Crippen LogP contribution >= 0.6 is 0 Å². The Morgan fingerprint density at radius 1 is 1.36 bits per heavy atom. The minimum atomic E-state index is 0.105. The van der Waals surface area contributed by atoms with Gasteiger partial charge in [0.15, 0.2) is 0 Å². The highest BCUT2D eigenvalue weighted by Gasteiger charge is 2.34. The summed E-state index contributed by atoms with van der Waals surface area (Å²) in [6, 6.07) is 8.06. The fourth-order valence-electron chi connectivity index (χ4n) is 2.78. The molecule has 1 aromatic rings. The topological polar surface area (TPSA) is 55.6 Å². The molecule has 1 fully saturated rings. The van der Waals surface area contributed by atoms with Crippen LogP contribution in [0.25, 0.3) is 0 Å². The molecular weight excluding hydrogens is 276 g/mol. The molecule has 1 aliphatic rings. The molecule has 1 aromatic carbocycles. The summed E-state index contributed by atoms with van der Waals surface area (Å²) < 4.78 is 5.57. The van der Waals surface area contributed by atoms with E-state index in [4.69, 9.17) is 10.5 Å². The van der Waals surface area contributed by atoms with Crippen molar-refractivity contribution < 1.29 is 9.53 Å². The van der Waals surface area contributed by atoms with Gasteiger partial charge in [-0.25, -0.2) is 0 Å². The van der Waals surface area contributed by atoms with Gasteiger partial charge in [-0.2, -0.15) is 0 Å². The Hall–Kier alpha value is -1.55. The first kappa shape index (κ1) is 16.8. The van der Waals surface area contributed by atoms with Gasteiger partial charge in [0.25, 0.3) is 0 Å². The summed E-state index contributed by atoms with van der Waals surface area (Å²) in [5.74, 6) is 1.14. The summed E-state index contributed by atoms with van der Waals surface area (Å²) in [4.78, 5) is 14.3. The fourth-order valence-corrected chi connectivity index (χ4v) is 2.78. The number of hydrogen-bond donors (Lipinski definition) is 1. The van der Waals surface area contributed by atoms with E-state index in [0.717, 1.165) is 44.7 Å². The molecule has 4 heteroatoms. The lowest BCUT2D eigenvalue weighted by Crippen LogP contribution is -2.34. The Morgan fingerprint density at radius 3 is 2.68 bits per heavy atom. The Morgan fingerprint density at radius 2 is 2.09 bits per heavy atom. The smallest absolute Gasteiger partial charge is 0.222 e. The molecule has 0 aromatic heterocycles. The summed E-state index contributed by atoms with van der Waals surface area (Å²) >= 11 is 0. The van der Waals surface area contributed by atoms with Gasteiger partial charge in [-0.05, 0) is 48.9 Å². The number of ether oxygens (including phenoxy) is 1. The fraction of sp³-hybridized carbons (Fsp3) is 0.611. The Balaban J connectivity index is 1.79. The van der Waals surface area contributed by atoms with E-state index in [9.17, 15) is 4.79 Å². The van der Waals surface area contributed by atoms with Crippen LogP contribution in [0.5, 0.6) is 5.75 Å². The van der Waals surface area contributed by atoms with Crippen molar-refractivity contribution in [1.29, 1.82) is 0 Å². The molecule has 1 atom stereocenters. The number of hydrogen-bond acceptors (Lipinski definition) is 3. The van der Waals surface area contributed by atoms with E-state index in [1.807, 2.05) is 29.2 Å². The maximum atomic E-state index is 12.3. The second-order valence-electron chi connectivity index (χ2n) is 6.57. The lowest BCUT2D eigenvalue weighted by atomic mass is 9.90. The van der Waals surface area contributed by atoms with Gasteiger partial charge >= 0.3 is 0 Å². The van der Waals surface area contributed by atoms with Crippen molar-refractivity contribution >= 4 is 5.91 Å². The second kappa shape index (κ2) is 7.63. The van der Waals surface area contributed by atoms with E-state index in [1.165, 1.54) is 5.56 Å². The predicted molar refractivity (Wildman–Crippen MR) is 88.9 cm³/mol. The Labute approximate surface area is 133 Å². The van der Waals surface area contributed by atoms with Crippen LogP contribution in [0.2, 0.25) is 0 Å². The first-order valence-corrected chi connectivity index (χ1v) is 8.26. The van der Waals surface area contributed by atoms with Gasteiger partial charge in [0, 0.05) is 19.5 Å². The maximum absolute atomic E-state index is 12.3. The standard InChI is InChI=1S/C18H28N2O2/c1-3-12-22-16-7-4-15(5-8-16)6-9-17(21)20-11-10-18(2,13-19)14-20/h4-5,7-8H,3,6,9-14,19H2,1-2H3. The predicted octanol–water partition coefficient (Wildman–Crippen LogP) is 2.61. The average Bonchev–Trinajstić information content (AvgIpc) is 2.95. The van der Waals surface area contributed by atoms with E-state index < -0.39 is 0 Å². The highest BCUT2D eigenvalue weighted by Crippen LogP contribution is 2.29. The first-order chi connectivity index (χ1) is 10.6. The molecule has 0 aliphatic carbocycles. The molecular formula is C18H28N2O2. The largest absolute Gasteiger partial charge is 0.494 e. The van der Waals surface area contributed by atoms with Crippen LogP contribution in [0.1, 0.15) is 38.7 Å². The molecule has 1 heterocycles. The van der Waals surface area contributed by atoms with Crippen LogP contribution in [-0.4, -0.2) is 37.0 Å². The highest BCUT2D eigenvalue weighted by atomic mass is 16.5. The second-order valence-corrected chi connectivity index (χ2v) is 6.57. The third kappa shape index (κ3) is 4.47. The van der Waals surface area contributed by atoms with Crippen molar-refractivity contribution in [2.75, 3.05) is 26.2 Å². The summed E-state index contributed by atoms with van der Waals surface area (Å²) in [5.41, 5.74) is 7.08. The van der Waals surface area contributed by atoms with Crippen LogP contribution in [0.15, 0.2) is 24.3 Å². The van der Waals surface area contributed by atoms with Gasteiger partial charge in [-0.15, -0.1) is 0 Å². The molecule has 2 rings (SSSR count). The third-order valence-electron chi connectivity index (χ3n) is 4.43. The molecule has 0 radical (unpaired) electrons. The van der Waals surface area contributed by atoms with Gasteiger partial charge in [0.1, 0.15) is 5.75 Å². The van der Waals surface area contributed by atoms with E-state index in [0.29, 0.717) is 13.0 Å². The summed E-state index contributed by atoms with van der Waals surface area (Å²) in [7, 11) is 0. The zero-order valence-electron chi connectivity index (χ0n) is 13.8. The number of rotatable bonds is 7. The number of nitrogens with zero attached hydrogens (tertiary/aromatic N) is 1. The normalized spacial score (nSPS) is 21.1. The van der Waals surface area contributed by atoms with Crippen LogP contribution < -0.4 is 10.5 Å². The molecule has 2 N–H and O–H groups in total. The minimum Gasteiger partial charge on any atom is -0.494 e. The molecule has 1 saturated heterocycles. The van der Waals surface area contributed by atoms with E-state index in [1.54, 1.807) is 0 Å². The molecule has 0 spiro atoms. The van der Waals surface area contributed by atoms with Crippen molar-refractivity contribution in [3.8, 4) is 5.75 Å². The number of amides is 1. The molecule has 1 unspecified atom stereocenters. The summed E-state index contributed by atoms with van der Waals surface area (Å²) in [6.45, 7) is 7.29. The number of carbonyl (C=O) groups is 1. The highest BCUT2D eigenvalue weighted by molar-refractivity contribution is 5.76. The van der Waals surface area contributed by atoms with Gasteiger partial charge < -0.3 is 15.4 Å². The molecule has 4 nitrogen and oxygen atoms in total. The van der Waals surface area contributed by atoms with Crippen LogP contribution in [0.3, 0.4) is 0 Å². The quantitative estimate of drug-likeness (QED) is 0.842. The van der Waals surface area contributed by atoms with Crippen molar-refractivity contribution in [3.63, 3.8) is 0 Å². The van der Waals surface area contributed by atoms with E-state index >= 15 is 0 Å². The Bertz CT molecular complexity index is 486. The van der Waals surface area contributed by atoms with Gasteiger partial charge in [0.05, 0.1) is 6.61 Å². The van der Waals surface area contributed by atoms with Crippen molar-refractivity contribution in [2.45, 2.75) is 39.5 Å². The van der Waals surface area contributed by atoms with Crippen molar-refractivity contribution in [1.82, 2.24) is 4.90 Å². The van der Waals surface area contributed by atoms with Gasteiger partial charge in [-0.1, -0.05) is 26.0 Å². The SMILES string of the molecule is CCCOc1ccc(CCC(=O)N2CCC(C)(CN)C2)cc1. The maximum Gasteiger partial charge on any atom is 0.222 e. The van der Waals surface area contributed by atoms with Crippen LogP contribution in [0, 0.1) is 5.41 Å². The lowest BCUT2D eigenvalue weighted by molar-refractivity contribution is -0.130. The number of likely N-dealkylation sites (tertiary alicyclic amines) is 1. The Kier molecular flexibility index (Phi) is 5.83. The number of nitrogens with two attached hydrogens (primary N) is 1. The third-order valence-corrected chi connectivity index (χ3v) is 4.43. The lowest BCUT2D eigenvalue weighted by Gasteiger charge is -2.22. The van der Waals surface area contributed by atoms with Crippen LogP contribution in [0.4, 0.5) is 0 Å². The number of aryl methyl sites for hydroxylation is 1. The molecule has 0 bridgehead atoms. The minimum absolute atomic E-state index is 0.105. The van der Waals surface area contributed by atoms with Crippen molar-refractivity contribution in [2.24, 2.45) is 11.1 Å². The average molecular weight is 304 g/mol. The monoisotopic (exact) mass is 304 g/mol. The zero-order valence-corrected chi connectivity index (χ0v) is 13.8. The van der Waals surface area contributed by atoms with Crippen LogP contribution in [-0.2, 0) is 11.2 Å².